The molecule has 2 aromatic rings. The Labute approximate surface area is 124 Å². The van der Waals surface area contributed by atoms with Crippen LogP contribution >= 0.6 is 27.3 Å². The van der Waals surface area contributed by atoms with Crippen molar-refractivity contribution in [3.8, 4) is 0 Å². The van der Waals surface area contributed by atoms with Crippen molar-refractivity contribution in [3.63, 3.8) is 0 Å². The first-order valence-electron chi connectivity index (χ1n) is 5.53. The van der Waals surface area contributed by atoms with E-state index in [4.69, 9.17) is 5.73 Å². The highest BCUT2D eigenvalue weighted by Crippen LogP contribution is 2.23. The Morgan fingerprint density at radius 1 is 1.21 bits per heavy atom. The maximum Gasteiger partial charge on any atom is 0.240 e. The van der Waals surface area contributed by atoms with E-state index in [1.54, 1.807) is 24.3 Å². The van der Waals surface area contributed by atoms with Gasteiger partial charge in [-0.15, -0.1) is 11.3 Å². The molecular weight excluding hydrogens is 348 g/mol. The molecule has 19 heavy (non-hydrogen) atoms. The monoisotopic (exact) mass is 360 g/mol. The molecule has 1 aromatic heterocycles. The van der Waals surface area contributed by atoms with Crippen LogP contribution in [0.15, 0.2) is 45.1 Å². The van der Waals surface area contributed by atoms with Crippen molar-refractivity contribution in [1.29, 1.82) is 0 Å². The Bertz CT molecular complexity index is 651. The standard InChI is InChI=1S/C12H13BrN2O2S2/c13-11-5-6-18-12(11)8-15-19(16,17)10-3-1-9(7-14)2-4-10/h1-6,15H,7-8,14H2. The molecule has 0 unspecified atom stereocenters. The van der Waals surface area contributed by atoms with Gasteiger partial charge in [0.05, 0.1) is 4.90 Å². The number of nitrogens with one attached hydrogen (secondary N) is 1. The third-order valence-corrected chi connectivity index (χ3v) is 5.93. The molecule has 7 heteroatoms. The highest BCUT2D eigenvalue weighted by molar-refractivity contribution is 9.10. The number of thiophene rings is 1. The Kier molecular flexibility index (Phi) is 4.75. The quantitative estimate of drug-likeness (QED) is 0.859. The van der Waals surface area contributed by atoms with E-state index >= 15 is 0 Å². The van der Waals surface area contributed by atoms with Crippen molar-refractivity contribution >= 4 is 37.3 Å². The molecule has 0 spiro atoms. The smallest absolute Gasteiger partial charge is 0.240 e. The Morgan fingerprint density at radius 2 is 1.89 bits per heavy atom. The van der Waals surface area contributed by atoms with Gasteiger partial charge in [-0.2, -0.15) is 0 Å². The molecule has 0 saturated heterocycles. The van der Waals surface area contributed by atoms with Crippen LogP contribution in [-0.2, 0) is 23.1 Å². The summed E-state index contributed by atoms with van der Waals surface area (Å²) in [5.74, 6) is 0. The van der Waals surface area contributed by atoms with Crippen LogP contribution < -0.4 is 10.5 Å². The second-order valence-corrected chi connectivity index (χ2v) is 7.49. The first-order chi connectivity index (χ1) is 9.03. The molecule has 0 aliphatic rings. The highest BCUT2D eigenvalue weighted by atomic mass is 79.9. The second kappa shape index (κ2) is 6.15. The average Bonchev–Trinajstić information content (AvgIpc) is 2.82. The average molecular weight is 361 g/mol. The fourth-order valence-electron chi connectivity index (χ4n) is 1.50. The summed E-state index contributed by atoms with van der Waals surface area (Å²) in [6.07, 6.45) is 0. The summed E-state index contributed by atoms with van der Waals surface area (Å²) in [4.78, 5) is 1.19. The zero-order chi connectivity index (χ0) is 13.9. The SMILES string of the molecule is NCc1ccc(S(=O)(=O)NCc2sccc2Br)cc1. The molecule has 0 aliphatic carbocycles. The molecule has 0 amide bonds. The Morgan fingerprint density at radius 3 is 2.42 bits per heavy atom. The van der Waals surface area contributed by atoms with Crippen LogP contribution in [0.2, 0.25) is 0 Å². The minimum absolute atomic E-state index is 0.248. The van der Waals surface area contributed by atoms with Gasteiger partial charge in [-0.1, -0.05) is 12.1 Å². The van der Waals surface area contributed by atoms with Crippen molar-refractivity contribution < 1.29 is 8.42 Å². The maximum atomic E-state index is 12.1. The molecule has 0 fully saturated rings. The zero-order valence-corrected chi connectivity index (χ0v) is 13.2. The molecule has 2 rings (SSSR count). The highest BCUT2D eigenvalue weighted by Gasteiger charge is 2.14. The fraction of sp³-hybridized carbons (Fsp3) is 0.167. The lowest BCUT2D eigenvalue weighted by atomic mass is 10.2. The van der Waals surface area contributed by atoms with Crippen molar-refractivity contribution in [2.75, 3.05) is 0 Å². The summed E-state index contributed by atoms with van der Waals surface area (Å²) in [6.45, 7) is 0.676. The van der Waals surface area contributed by atoms with Gasteiger partial charge in [0.25, 0.3) is 0 Å². The fourth-order valence-corrected chi connectivity index (χ4v) is 4.02. The van der Waals surface area contributed by atoms with Crippen molar-refractivity contribution in [3.05, 3.63) is 50.6 Å². The van der Waals surface area contributed by atoms with Crippen molar-refractivity contribution in [1.82, 2.24) is 4.72 Å². The molecule has 3 N–H and O–H groups in total. The second-order valence-electron chi connectivity index (χ2n) is 3.86. The summed E-state index contributed by atoms with van der Waals surface area (Å²) in [7, 11) is -3.48. The summed E-state index contributed by atoms with van der Waals surface area (Å²) in [6, 6.07) is 8.46. The van der Waals surface area contributed by atoms with Crippen LogP contribution in [0, 0.1) is 0 Å². The van der Waals surface area contributed by atoms with Gasteiger partial charge >= 0.3 is 0 Å². The number of hydrogen-bond donors (Lipinski definition) is 2. The maximum absolute atomic E-state index is 12.1. The lowest BCUT2D eigenvalue weighted by molar-refractivity contribution is 0.581. The minimum Gasteiger partial charge on any atom is -0.326 e. The first kappa shape index (κ1) is 14.7. The van der Waals surface area contributed by atoms with E-state index in [1.165, 1.54) is 11.3 Å². The Hall–Kier alpha value is -0.730. The van der Waals surface area contributed by atoms with Gasteiger partial charge in [-0.25, -0.2) is 13.1 Å². The van der Waals surface area contributed by atoms with E-state index in [-0.39, 0.29) is 11.4 Å². The van der Waals surface area contributed by atoms with E-state index in [9.17, 15) is 8.42 Å². The number of benzene rings is 1. The van der Waals surface area contributed by atoms with Gasteiger partial charge in [0.2, 0.25) is 10.0 Å². The van der Waals surface area contributed by atoms with Gasteiger partial charge in [0.1, 0.15) is 0 Å². The Balaban J connectivity index is 2.11. The lowest BCUT2D eigenvalue weighted by Gasteiger charge is -2.06. The van der Waals surface area contributed by atoms with Crippen molar-refractivity contribution in [2.24, 2.45) is 5.73 Å². The molecule has 102 valence electrons. The van der Waals surface area contributed by atoms with E-state index in [2.05, 4.69) is 20.7 Å². The van der Waals surface area contributed by atoms with Gasteiger partial charge in [-0.05, 0) is 45.1 Å². The molecule has 1 heterocycles. The number of nitrogens with two attached hydrogens (primary N) is 1. The van der Waals surface area contributed by atoms with Gasteiger partial charge in [-0.3, -0.25) is 0 Å². The topological polar surface area (TPSA) is 72.2 Å². The molecule has 0 saturated carbocycles. The lowest BCUT2D eigenvalue weighted by Crippen LogP contribution is -2.23. The molecule has 0 atom stereocenters. The summed E-state index contributed by atoms with van der Waals surface area (Å²) in [5, 5.41) is 1.91. The third-order valence-electron chi connectivity index (χ3n) is 2.58. The van der Waals surface area contributed by atoms with E-state index in [0.717, 1.165) is 14.9 Å². The van der Waals surface area contributed by atoms with E-state index in [0.29, 0.717) is 6.54 Å². The largest absolute Gasteiger partial charge is 0.326 e. The predicted molar refractivity (Wildman–Crippen MR) is 80.4 cm³/mol. The molecule has 1 aromatic carbocycles. The van der Waals surface area contributed by atoms with Crippen LogP contribution in [0.25, 0.3) is 0 Å². The summed E-state index contributed by atoms with van der Waals surface area (Å²) < 4.78 is 27.7. The number of sulfonamides is 1. The number of halogens is 1. The minimum atomic E-state index is -3.48. The van der Waals surface area contributed by atoms with Crippen LogP contribution in [0.4, 0.5) is 0 Å². The number of rotatable bonds is 5. The van der Waals surface area contributed by atoms with Gasteiger partial charge in [0, 0.05) is 22.4 Å². The molecular formula is C12H13BrN2O2S2. The predicted octanol–water partition coefficient (Wildman–Crippen LogP) is 2.45. The molecule has 0 aliphatic heterocycles. The van der Waals surface area contributed by atoms with Crippen LogP contribution in [-0.4, -0.2) is 8.42 Å². The van der Waals surface area contributed by atoms with Gasteiger partial charge in [0.15, 0.2) is 0 Å². The van der Waals surface area contributed by atoms with E-state index < -0.39 is 10.0 Å². The number of hydrogen-bond acceptors (Lipinski definition) is 4. The summed E-state index contributed by atoms with van der Waals surface area (Å²) >= 11 is 4.87. The summed E-state index contributed by atoms with van der Waals surface area (Å²) in [5.41, 5.74) is 6.38. The normalized spacial score (nSPS) is 11.7. The zero-order valence-electron chi connectivity index (χ0n) is 9.97. The molecule has 4 nitrogen and oxygen atoms in total. The van der Waals surface area contributed by atoms with Crippen molar-refractivity contribution in [2.45, 2.75) is 18.0 Å². The first-order valence-corrected chi connectivity index (χ1v) is 8.69. The van der Waals surface area contributed by atoms with Crippen LogP contribution in [0.1, 0.15) is 10.4 Å². The molecule has 0 radical (unpaired) electrons. The van der Waals surface area contributed by atoms with E-state index in [1.807, 2.05) is 11.4 Å². The van der Waals surface area contributed by atoms with Crippen LogP contribution in [0.5, 0.6) is 0 Å². The third kappa shape index (κ3) is 3.64. The van der Waals surface area contributed by atoms with Gasteiger partial charge < -0.3 is 5.73 Å². The molecule has 0 bridgehead atoms. The van der Waals surface area contributed by atoms with Crippen LogP contribution in [0.3, 0.4) is 0 Å².